The number of pyridine rings is 1. The normalized spacial score (nSPS) is 23.0. The van der Waals surface area contributed by atoms with Crippen LogP contribution >= 0.6 is 0 Å². The number of nitrogens with one attached hydrogen (secondary N) is 1. The van der Waals surface area contributed by atoms with Crippen LogP contribution in [-0.4, -0.2) is 47.8 Å². The van der Waals surface area contributed by atoms with Gasteiger partial charge in [0, 0.05) is 43.8 Å². The van der Waals surface area contributed by atoms with Crippen molar-refractivity contribution in [1.29, 1.82) is 0 Å². The zero-order chi connectivity index (χ0) is 24.1. The van der Waals surface area contributed by atoms with Crippen molar-refractivity contribution in [3.63, 3.8) is 0 Å². The molecule has 182 valence electrons. The van der Waals surface area contributed by atoms with E-state index >= 15 is 0 Å². The Morgan fingerprint density at radius 1 is 0.886 bits per heavy atom. The van der Waals surface area contributed by atoms with Crippen molar-refractivity contribution in [1.82, 2.24) is 9.88 Å². The number of hydrogen-bond donors (Lipinski definition) is 1. The van der Waals surface area contributed by atoms with Crippen molar-refractivity contribution in [3.05, 3.63) is 85.1 Å². The molecule has 0 spiro atoms. The van der Waals surface area contributed by atoms with Gasteiger partial charge >= 0.3 is 6.03 Å². The summed E-state index contributed by atoms with van der Waals surface area (Å²) < 4.78 is 0. The van der Waals surface area contributed by atoms with Crippen molar-refractivity contribution >= 4 is 23.2 Å². The van der Waals surface area contributed by atoms with Crippen LogP contribution in [0, 0.1) is 5.92 Å². The minimum atomic E-state index is -0.366. The zero-order valence-corrected chi connectivity index (χ0v) is 20.5. The largest absolute Gasteiger partial charge is 0.369 e. The molecule has 1 aromatic heterocycles. The number of carbonyl (C=O) groups excluding carboxylic acids is 1. The summed E-state index contributed by atoms with van der Waals surface area (Å²) in [4.78, 5) is 25.4. The van der Waals surface area contributed by atoms with Gasteiger partial charge in [-0.05, 0) is 68.0 Å². The molecule has 6 nitrogen and oxygen atoms in total. The van der Waals surface area contributed by atoms with Gasteiger partial charge in [0.05, 0.1) is 0 Å². The first kappa shape index (κ1) is 23.4. The second kappa shape index (κ2) is 10.5. The van der Waals surface area contributed by atoms with E-state index in [0.29, 0.717) is 11.7 Å². The van der Waals surface area contributed by atoms with Crippen LogP contribution in [0.4, 0.5) is 22.0 Å². The lowest BCUT2D eigenvalue weighted by Gasteiger charge is -2.55. The first-order valence-corrected chi connectivity index (χ1v) is 12.8. The van der Waals surface area contributed by atoms with Crippen LogP contribution < -0.4 is 15.1 Å². The smallest absolute Gasteiger partial charge is 0.329 e. The SMILES string of the molecule is CC1CCC(N2CCN(c3ccccc3)CC2)(N(C(=O)Nc2ccccn2)c2ccccc2)CC1. The van der Waals surface area contributed by atoms with E-state index in [9.17, 15) is 4.79 Å². The first-order chi connectivity index (χ1) is 17.2. The van der Waals surface area contributed by atoms with Crippen molar-refractivity contribution in [2.24, 2.45) is 5.92 Å². The van der Waals surface area contributed by atoms with E-state index in [4.69, 9.17) is 0 Å². The first-order valence-electron chi connectivity index (χ1n) is 12.8. The van der Waals surface area contributed by atoms with Gasteiger partial charge in [0.15, 0.2) is 0 Å². The monoisotopic (exact) mass is 469 g/mol. The second-order valence-electron chi connectivity index (χ2n) is 9.79. The lowest BCUT2D eigenvalue weighted by molar-refractivity contribution is 0.0366. The fraction of sp³-hybridized carbons (Fsp3) is 0.379. The standard InChI is InChI=1S/C29H35N5O/c1-24-15-17-29(18-16-24,33-22-20-32(21-23-33)25-10-4-2-5-11-25)34(26-12-6-3-7-13-26)28(35)31-27-14-8-9-19-30-27/h2-14,19,24H,15-18,20-23H2,1H3,(H,30,31,35). The van der Waals surface area contributed by atoms with E-state index in [1.54, 1.807) is 6.20 Å². The maximum absolute atomic E-state index is 14.0. The highest BCUT2D eigenvalue weighted by Gasteiger charge is 2.48. The van der Waals surface area contributed by atoms with Gasteiger partial charge in [0.1, 0.15) is 11.5 Å². The molecular weight excluding hydrogens is 434 g/mol. The van der Waals surface area contributed by atoms with Gasteiger partial charge in [-0.15, -0.1) is 0 Å². The lowest BCUT2D eigenvalue weighted by Crippen LogP contribution is -2.68. The highest BCUT2D eigenvalue weighted by Crippen LogP contribution is 2.42. The van der Waals surface area contributed by atoms with Crippen molar-refractivity contribution in [3.8, 4) is 0 Å². The summed E-state index contributed by atoms with van der Waals surface area (Å²) in [5.74, 6) is 1.25. The summed E-state index contributed by atoms with van der Waals surface area (Å²) in [6, 6.07) is 26.3. The van der Waals surface area contributed by atoms with Crippen LogP contribution in [0.25, 0.3) is 0 Å². The predicted octanol–water partition coefficient (Wildman–Crippen LogP) is 5.85. The number of amides is 2. The van der Waals surface area contributed by atoms with Gasteiger partial charge in [0.2, 0.25) is 0 Å². The molecule has 5 rings (SSSR count). The molecule has 2 fully saturated rings. The Labute approximate surface area is 208 Å². The van der Waals surface area contributed by atoms with Crippen LogP contribution in [0.15, 0.2) is 85.1 Å². The topological polar surface area (TPSA) is 51.7 Å². The molecule has 2 aliphatic rings. The molecule has 2 heterocycles. The molecule has 2 aromatic carbocycles. The Hall–Kier alpha value is -3.38. The van der Waals surface area contributed by atoms with Crippen molar-refractivity contribution < 1.29 is 4.79 Å². The summed E-state index contributed by atoms with van der Waals surface area (Å²) in [6.45, 7) is 6.07. The second-order valence-corrected chi connectivity index (χ2v) is 9.79. The molecule has 0 bridgehead atoms. The number of aromatic nitrogens is 1. The van der Waals surface area contributed by atoms with E-state index in [-0.39, 0.29) is 11.7 Å². The third-order valence-electron chi connectivity index (χ3n) is 7.60. The average molecular weight is 470 g/mol. The fourth-order valence-electron chi connectivity index (χ4n) is 5.65. The summed E-state index contributed by atoms with van der Waals surface area (Å²) in [6.07, 6.45) is 5.86. The molecule has 1 saturated carbocycles. The number of urea groups is 1. The van der Waals surface area contributed by atoms with Crippen LogP contribution in [0.1, 0.15) is 32.6 Å². The number of rotatable bonds is 5. The van der Waals surface area contributed by atoms with E-state index in [2.05, 4.69) is 69.5 Å². The van der Waals surface area contributed by atoms with Crippen LogP contribution in [0.3, 0.4) is 0 Å². The fourth-order valence-corrected chi connectivity index (χ4v) is 5.65. The maximum Gasteiger partial charge on any atom is 0.329 e. The number of benzene rings is 2. The van der Waals surface area contributed by atoms with Gasteiger partial charge < -0.3 is 4.90 Å². The third kappa shape index (κ3) is 5.03. The zero-order valence-electron chi connectivity index (χ0n) is 20.5. The van der Waals surface area contributed by atoms with E-state index in [0.717, 1.165) is 57.5 Å². The number of anilines is 3. The Kier molecular flexibility index (Phi) is 7.00. The Bertz CT molecular complexity index is 1080. The van der Waals surface area contributed by atoms with Crippen LogP contribution in [0.5, 0.6) is 0 Å². The van der Waals surface area contributed by atoms with Crippen molar-refractivity contribution in [2.45, 2.75) is 38.3 Å². The van der Waals surface area contributed by atoms with Gasteiger partial charge in [-0.25, -0.2) is 9.78 Å². The lowest BCUT2D eigenvalue weighted by atomic mass is 9.80. The summed E-state index contributed by atoms with van der Waals surface area (Å²) in [5, 5.41) is 3.09. The average Bonchev–Trinajstić information content (AvgIpc) is 2.92. The summed E-state index contributed by atoms with van der Waals surface area (Å²) >= 11 is 0. The van der Waals surface area contributed by atoms with Crippen LogP contribution in [-0.2, 0) is 0 Å². The molecule has 2 amide bonds. The number of nitrogens with zero attached hydrogens (tertiary/aromatic N) is 4. The molecule has 0 atom stereocenters. The molecule has 3 aromatic rings. The van der Waals surface area contributed by atoms with Gasteiger partial charge in [-0.1, -0.05) is 49.4 Å². The molecule has 0 radical (unpaired) electrons. The minimum Gasteiger partial charge on any atom is -0.369 e. The maximum atomic E-state index is 14.0. The van der Waals surface area contributed by atoms with Crippen LogP contribution in [0.2, 0.25) is 0 Å². The van der Waals surface area contributed by atoms with E-state index < -0.39 is 0 Å². The number of carbonyl (C=O) groups is 1. The quantitative estimate of drug-likeness (QED) is 0.509. The molecule has 1 aliphatic heterocycles. The molecule has 1 aliphatic carbocycles. The Balaban J connectivity index is 1.46. The number of piperazine rings is 1. The van der Waals surface area contributed by atoms with E-state index in [1.807, 2.05) is 41.3 Å². The Morgan fingerprint density at radius 2 is 1.51 bits per heavy atom. The molecule has 0 unspecified atom stereocenters. The summed E-state index contributed by atoms with van der Waals surface area (Å²) in [5.41, 5.74) is 1.84. The number of hydrogen-bond acceptors (Lipinski definition) is 4. The van der Waals surface area contributed by atoms with Gasteiger partial charge in [-0.3, -0.25) is 15.1 Å². The molecule has 35 heavy (non-hydrogen) atoms. The minimum absolute atomic E-state index is 0.116. The molecule has 1 saturated heterocycles. The molecular formula is C29H35N5O. The molecule has 6 heteroatoms. The van der Waals surface area contributed by atoms with Gasteiger partial charge in [-0.2, -0.15) is 0 Å². The van der Waals surface area contributed by atoms with E-state index in [1.165, 1.54) is 5.69 Å². The number of para-hydroxylation sites is 2. The highest BCUT2D eigenvalue weighted by molar-refractivity contribution is 6.02. The molecule has 1 N–H and O–H groups in total. The van der Waals surface area contributed by atoms with Crippen molar-refractivity contribution in [2.75, 3.05) is 41.3 Å². The highest BCUT2D eigenvalue weighted by atomic mass is 16.2. The summed E-state index contributed by atoms with van der Waals surface area (Å²) in [7, 11) is 0. The van der Waals surface area contributed by atoms with Gasteiger partial charge in [0.25, 0.3) is 0 Å². The third-order valence-corrected chi connectivity index (χ3v) is 7.60. The predicted molar refractivity (Wildman–Crippen MR) is 143 cm³/mol. The Morgan fingerprint density at radius 3 is 2.14 bits per heavy atom.